The van der Waals surface area contributed by atoms with Crippen LogP contribution < -0.4 is 10.8 Å². The Kier molecular flexibility index (Phi) is 7.28. The summed E-state index contributed by atoms with van der Waals surface area (Å²) in [5.74, 6) is -2.46. The number of amides is 1. The molecule has 2 aliphatic heterocycles. The molecule has 1 aromatic rings. The number of hydrogen-bond donors (Lipinski definition) is 2. The zero-order valence-electron chi connectivity index (χ0n) is 15.5. The maximum atomic E-state index is 12.5. The first-order valence-corrected chi connectivity index (χ1v) is 9.79. The molecule has 2 heterocycles. The second-order valence-corrected chi connectivity index (χ2v) is 7.97. The average Bonchev–Trinajstić information content (AvgIpc) is 2.90. The highest BCUT2D eigenvalue weighted by molar-refractivity contribution is 8.03. The average molecular weight is 443 g/mol. The van der Waals surface area contributed by atoms with Crippen LogP contribution in [0.15, 0.2) is 34.9 Å². The summed E-state index contributed by atoms with van der Waals surface area (Å²) in [6, 6.07) is 5.51. The number of aliphatic hydroxyl groups is 1. The van der Waals surface area contributed by atoms with Crippen molar-refractivity contribution >= 4 is 41.7 Å². The number of carboxylic acids is 1. The number of carbonyl (C=O) groups is 2. The molecule has 1 amide bonds. The van der Waals surface area contributed by atoms with Crippen LogP contribution in [0.1, 0.15) is 12.5 Å². The number of carboxylic acid groups (broad SMARTS) is 1. The van der Waals surface area contributed by atoms with Crippen molar-refractivity contribution in [1.29, 1.82) is 0 Å². The largest absolute Gasteiger partial charge is 0.543 e. The third-order valence-corrected chi connectivity index (χ3v) is 6.35. The van der Waals surface area contributed by atoms with E-state index in [2.05, 4.69) is 0 Å². The summed E-state index contributed by atoms with van der Waals surface area (Å²) in [5, 5.41) is 32.6. The zero-order valence-corrected chi connectivity index (χ0v) is 17.1. The molecular weight excluding hydrogens is 422 g/mol. The molecule has 2 aliphatic rings. The maximum absolute atomic E-state index is 12.5. The van der Waals surface area contributed by atoms with E-state index in [1.54, 1.807) is 12.1 Å². The number of rotatable bonds is 8. The fourth-order valence-corrected chi connectivity index (χ4v) is 5.02. The number of nitrogens with two attached hydrogens (primary N) is 1. The van der Waals surface area contributed by atoms with Gasteiger partial charge in [-0.2, -0.15) is 0 Å². The summed E-state index contributed by atoms with van der Waals surface area (Å²) in [6.45, 7) is 1.84. The zero-order chi connectivity index (χ0) is 20.6. The Morgan fingerprint density at radius 1 is 1.38 bits per heavy atom. The Balaban J connectivity index is 0.00000300. The number of β-lactam (4-membered cyclic amide) rings is 1. The number of non-ortho nitro benzene ring substituents is 1. The Morgan fingerprint density at radius 2 is 2.00 bits per heavy atom. The van der Waals surface area contributed by atoms with Crippen LogP contribution in [0, 0.1) is 22.0 Å². The summed E-state index contributed by atoms with van der Waals surface area (Å²) >= 11 is 1.27. The number of nitro groups is 1. The normalized spacial score (nSPS) is 23.9. The fourth-order valence-electron chi connectivity index (χ4n) is 3.93. The van der Waals surface area contributed by atoms with E-state index in [-0.39, 0.29) is 29.7 Å². The van der Waals surface area contributed by atoms with E-state index in [9.17, 15) is 29.9 Å². The second kappa shape index (κ2) is 9.12. The minimum atomic E-state index is -1.44. The number of halogens is 1. The first-order chi connectivity index (χ1) is 13.3. The number of nitrogens with zero attached hydrogens (tertiary/aromatic N) is 2. The van der Waals surface area contributed by atoms with Gasteiger partial charge in [-0.3, -0.25) is 14.9 Å². The molecule has 9 nitrogen and oxygen atoms in total. The first kappa shape index (κ1) is 23.1. The molecule has 3 N–H and O–H groups in total. The summed E-state index contributed by atoms with van der Waals surface area (Å²) in [4.78, 5) is 36.3. The van der Waals surface area contributed by atoms with Gasteiger partial charge in [0.15, 0.2) is 0 Å². The summed E-state index contributed by atoms with van der Waals surface area (Å²) in [7, 11) is 0. The van der Waals surface area contributed by atoms with Crippen molar-refractivity contribution in [2.75, 3.05) is 12.3 Å². The Labute approximate surface area is 177 Å². The molecule has 3 rings (SSSR count). The third kappa shape index (κ3) is 4.11. The van der Waals surface area contributed by atoms with E-state index in [0.717, 1.165) is 5.56 Å². The second-order valence-electron chi connectivity index (χ2n) is 6.84. The highest BCUT2D eigenvalue weighted by atomic mass is 35.5. The van der Waals surface area contributed by atoms with Crippen molar-refractivity contribution in [3.63, 3.8) is 0 Å². The molecule has 1 aromatic carbocycles. The highest BCUT2D eigenvalue weighted by Gasteiger charge is 2.59. The number of benzene rings is 1. The quantitative estimate of drug-likeness (QED) is 0.325. The molecule has 1 saturated heterocycles. The van der Waals surface area contributed by atoms with E-state index in [0.29, 0.717) is 23.6 Å². The fraction of sp³-hybridized carbons (Fsp3) is 0.444. The van der Waals surface area contributed by atoms with E-state index >= 15 is 0 Å². The van der Waals surface area contributed by atoms with Crippen molar-refractivity contribution in [3.05, 3.63) is 50.5 Å². The van der Waals surface area contributed by atoms with Gasteiger partial charge in [-0.15, -0.1) is 24.2 Å². The highest BCUT2D eigenvalue weighted by Crippen LogP contribution is 2.51. The van der Waals surface area contributed by atoms with E-state index in [1.807, 2.05) is 0 Å². The molecule has 0 aromatic heterocycles. The lowest BCUT2D eigenvalue weighted by molar-refractivity contribution is -0.384. The van der Waals surface area contributed by atoms with Crippen LogP contribution in [-0.4, -0.2) is 51.2 Å². The van der Waals surface area contributed by atoms with Gasteiger partial charge in [0.05, 0.1) is 34.7 Å². The minimum absolute atomic E-state index is 0. The molecule has 11 heteroatoms. The van der Waals surface area contributed by atoms with Crippen molar-refractivity contribution in [3.8, 4) is 0 Å². The third-order valence-electron chi connectivity index (χ3n) is 5.10. The van der Waals surface area contributed by atoms with Crippen molar-refractivity contribution in [2.24, 2.45) is 17.6 Å². The number of aliphatic hydroxyl groups excluding tert-OH is 1. The van der Waals surface area contributed by atoms with Crippen LogP contribution in [-0.2, 0) is 16.0 Å². The van der Waals surface area contributed by atoms with Crippen molar-refractivity contribution in [1.82, 2.24) is 4.90 Å². The van der Waals surface area contributed by atoms with Gasteiger partial charge < -0.3 is 25.6 Å². The van der Waals surface area contributed by atoms with Crippen LogP contribution in [0.4, 0.5) is 5.69 Å². The molecule has 0 radical (unpaired) electrons. The number of fused-ring (bicyclic) bond motifs is 1. The summed E-state index contributed by atoms with van der Waals surface area (Å²) in [6.07, 6.45) is -0.547. The lowest BCUT2D eigenvalue weighted by Gasteiger charge is -2.47. The van der Waals surface area contributed by atoms with Gasteiger partial charge in [-0.05, 0) is 18.9 Å². The number of aliphatic carboxylic acids is 1. The molecule has 158 valence electrons. The monoisotopic (exact) mass is 442 g/mol. The topological polar surface area (TPSA) is 150 Å². The van der Waals surface area contributed by atoms with Gasteiger partial charge in [-0.25, -0.2) is 0 Å². The minimum Gasteiger partial charge on any atom is -0.543 e. The SMILES string of the molecule is C[C@@H](O)C1C(=O)N2C(C(=O)[O-])=C(SCCN)C(Cc3ccc([N+](=O)[O-])cc3)[C@@H]12.Cl. The van der Waals surface area contributed by atoms with Gasteiger partial charge in [-0.1, -0.05) is 12.1 Å². The number of thioether (sulfide) groups is 1. The van der Waals surface area contributed by atoms with Gasteiger partial charge >= 0.3 is 0 Å². The number of hydrogen-bond acceptors (Lipinski definition) is 8. The molecule has 0 spiro atoms. The molecule has 1 fully saturated rings. The van der Waals surface area contributed by atoms with Gasteiger partial charge in [0.25, 0.3) is 5.69 Å². The number of carbonyl (C=O) groups excluding carboxylic acids is 2. The molecule has 2 unspecified atom stereocenters. The number of nitro benzene ring substituents is 1. The molecule has 0 saturated carbocycles. The van der Waals surface area contributed by atoms with Crippen LogP contribution in [0.5, 0.6) is 0 Å². The van der Waals surface area contributed by atoms with Gasteiger partial charge in [0.2, 0.25) is 5.91 Å². The predicted molar refractivity (Wildman–Crippen MR) is 107 cm³/mol. The summed E-state index contributed by atoms with van der Waals surface area (Å²) < 4.78 is 0. The van der Waals surface area contributed by atoms with Crippen molar-refractivity contribution < 1.29 is 24.7 Å². The van der Waals surface area contributed by atoms with Crippen molar-refractivity contribution in [2.45, 2.75) is 25.5 Å². The van der Waals surface area contributed by atoms with Crippen LogP contribution in [0.3, 0.4) is 0 Å². The van der Waals surface area contributed by atoms with E-state index in [4.69, 9.17) is 5.73 Å². The smallest absolute Gasteiger partial charge is 0.269 e. The van der Waals surface area contributed by atoms with Crippen LogP contribution >= 0.6 is 24.2 Å². The molecule has 29 heavy (non-hydrogen) atoms. The van der Waals surface area contributed by atoms with Crippen LogP contribution in [0.2, 0.25) is 0 Å². The molecular formula is C18H21ClN3O6S-. The van der Waals surface area contributed by atoms with Gasteiger partial charge in [0, 0.05) is 35.3 Å². The predicted octanol–water partition coefficient (Wildman–Crippen LogP) is 0.0501. The van der Waals surface area contributed by atoms with E-state index < -0.39 is 34.9 Å². The summed E-state index contributed by atoms with van der Waals surface area (Å²) in [5.41, 5.74) is 6.14. The lowest BCUT2D eigenvalue weighted by Crippen LogP contribution is -2.64. The molecule has 0 aliphatic carbocycles. The standard InChI is InChI=1S/C18H21N3O6S.ClH/c1-9(22)13-14-12(8-10-2-4-11(5-3-10)21(26)27)16(28-7-6-19)15(18(24)25)20(14)17(13)23;/h2-5,9,12-14,22H,6-8,19H2,1H3,(H,24,25);1H/p-1/t9-,12?,13?,14+;/m1./s1. The Bertz CT molecular complexity index is 845. The molecule has 4 atom stereocenters. The Morgan fingerprint density at radius 3 is 2.48 bits per heavy atom. The Hall–Kier alpha value is -2.14. The molecule has 0 bridgehead atoms. The lowest BCUT2D eigenvalue weighted by atomic mass is 9.76. The van der Waals surface area contributed by atoms with Gasteiger partial charge in [0.1, 0.15) is 0 Å². The van der Waals surface area contributed by atoms with E-state index in [1.165, 1.54) is 35.7 Å². The first-order valence-electron chi connectivity index (χ1n) is 8.80. The van der Waals surface area contributed by atoms with Crippen LogP contribution in [0.25, 0.3) is 0 Å². The maximum Gasteiger partial charge on any atom is 0.269 e.